The molecule has 0 unspecified atom stereocenters. The second-order valence-electron chi connectivity index (χ2n) is 6.51. The van der Waals surface area contributed by atoms with Gasteiger partial charge >= 0.3 is 0 Å². The van der Waals surface area contributed by atoms with Gasteiger partial charge < -0.3 is 15.7 Å². The molecule has 3 N–H and O–H groups in total. The molecule has 0 saturated carbocycles. The van der Waals surface area contributed by atoms with E-state index < -0.39 is 15.9 Å². The number of pyridine rings is 1. The molecular weight excluding hydrogens is 380 g/mol. The Labute approximate surface area is 164 Å². The number of hydrogen-bond donors (Lipinski definition) is 3. The fraction of sp³-hybridized carbons (Fsp3) is 0.368. The number of hydrogen-bond acceptors (Lipinski definition) is 6. The molecule has 1 saturated heterocycles. The topological polar surface area (TPSA) is 112 Å². The number of carbonyl (C=O) groups excluding carboxylic acids is 1. The number of benzene rings is 1. The van der Waals surface area contributed by atoms with E-state index in [4.69, 9.17) is 5.11 Å². The van der Waals surface area contributed by atoms with Crippen LogP contribution in [0.4, 0.5) is 5.69 Å². The van der Waals surface area contributed by atoms with Crippen molar-refractivity contribution in [3.63, 3.8) is 0 Å². The van der Waals surface area contributed by atoms with Gasteiger partial charge in [0.25, 0.3) is 5.91 Å². The molecule has 8 nitrogen and oxygen atoms in total. The molecule has 0 bridgehead atoms. The zero-order chi connectivity index (χ0) is 20.0. The lowest BCUT2D eigenvalue weighted by Gasteiger charge is -2.17. The van der Waals surface area contributed by atoms with E-state index in [1.165, 1.54) is 16.4 Å². The molecule has 2 aromatic rings. The van der Waals surface area contributed by atoms with Crippen molar-refractivity contribution < 1.29 is 18.3 Å². The van der Waals surface area contributed by atoms with E-state index in [1.807, 2.05) is 6.07 Å². The molecule has 150 valence electrons. The number of nitrogens with zero attached hydrogens (tertiary/aromatic N) is 2. The Hall–Kier alpha value is -2.49. The summed E-state index contributed by atoms with van der Waals surface area (Å²) in [6, 6.07) is 9.88. The smallest absolute Gasteiger partial charge is 0.251 e. The van der Waals surface area contributed by atoms with Crippen LogP contribution in [0.25, 0.3) is 0 Å². The largest absolute Gasteiger partial charge is 0.395 e. The van der Waals surface area contributed by atoms with Crippen molar-refractivity contribution in [1.29, 1.82) is 0 Å². The lowest BCUT2D eigenvalue weighted by atomic mass is 10.2. The lowest BCUT2D eigenvalue weighted by molar-refractivity contribution is 0.0950. The molecule has 1 amide bonds. The van der Waals surface area contributed by atoms with Gasteiger partial charge in [-0.15, -0.1) is 0 Å². The molecule has 28 heavy (non-hydrogen) atoms. The summed E-state index contributed by atoms with van der Waals surface area (Å²) in [7, 11) is -3.67. The van der Waals surface area contributed by atoms with Crippen molar-refractivity contribution in [3.05, 3.63) is 53.9 Å². The molecule has 1 fully saturated rings. The fourth-order valence-electron chi connectivity index (χ4n) is 3.03. The Morgan fingerprint density at radius 2 is 1.96 bits per heavy atom. The number of anilines is 1. The second-order valence-corrected chi connectivity index (χ2v) is 8.45. The van der Waals surface area contributed by atoms with Crippen LogP contribution in [0, 0.1) is 0 Å². The number of aliphatic hydroxyl groups excluding tert-OH is 1. The maximum Gasteiger partial charge on any atom is 0.251 e. The number of amides is 1. The molecular formula is C19H24N4O4S. The van der Waals surface area contributed by atoms with Gasteiger partial charge in [0.1, 0.15) is 0 Å². The Morgan fingerprint density at radius 1 is 1.18 bits per heavy atom. The standard InChI is InChI=1S/C19H24N4O4S/c24-10-7-21-17-11-15(19(25)22-14-16-5-1-2-6-20-16)12-18(13-17)28(26,27)23-8-3-4-9-23/h1-2,5-6,11-13,21,24H,3-4,7-10,14H2,(H,22,25). The van der Waals surface area contributed by atoms with Gasteiger partial charge in [-0.25, -0.2) is 8.42 Å². The van der Waals surface area contributed by atoms with Crippen LogP contribution in [0.3, 0.4) is 0 Å². The highest BCUT2D eigenvalue weighted by atomic mass is 32.2. The molecule has 2 heterocycles. The van der Waals surface area contributed by atoms with Gasteiger partial charge in [-0.05, 0) is 43.2 Å². The molecule has 1 aliphatic heterocycles. The molecule has 0 spiro atoms. The zero-order valence-corrected chi connectivity index (χ0v) is 16.3. The highest BCUT2D eigenvalue weighted by Crippen LogP contribution is 2.25. The van der Waals surface area contributed by atoms with Gasteiger partial charge in [0.15, 0.2) is 0 Å². The molecule has 1 aliphatic rings. The van der Waals surface area contributed by atoms with Crippen molar-refractivity contribution in [2.24, 2.45) is 0 Å². The molecule has 0 radical (unpaired) electrons. The summed E-state index contributed by atoms with van der Waals surface area (Å²) >= 11 is 0. The molecule has 1 aromatic heterocycles. The van der Waals surface area contributed by atoms with Crippen LogP contribution in [-0.4, -0.2) is 55.0 Å². The summed E-state index contributed by atoms with van der Waals surface area (Å²) in [5.41, 5.74) is 1.41. The number of sulfonamides is 1. The van der Waals surface area contributed by atoms with Crippen molar-refractivity contribution in [2.75, 3.05) is 31.6 Å². The van der Waals surface area contributed by atoms with Gasteiger partial charge in [-0.2, -0.15) is 4.31 Å². The summed E-state index contributed by atoms with van der Waals surface area (Å²) in [6.07, 6.45) is 3.31. The first-order valence-electron chi connectivity index (χ1n) is 9.19. The number of carbonyl (C=O) groups is 1. The maximum atomic E-state index is 12.9. The Balaban J connectivity index is 1.85. The summed E-state index contributed by atoms with van der Waals surface area (Å²) in [4.78, 5) is 16.8. The summed E-state index contributed by atoms with van der Waals surface area (Å²) in [6.45, 7) is 1.35. The van der Waals surface area contributed by atoms with Crippen LogP contribution in [-0.2, 0) is 16.6 Å². The minimum absolute atomic E-state index is 0.0697. The highest BCUT2D eigenvalue weighted by Gasteiger charge is 2.28. The van der Waals surface area contributed by atoms with Gasteiger partial charge in [-0.1, -0.05) is 6.07 Å². The van der Waals surface area contributed by atoms with Crippen LogP contribution >= 0.6 is 0 Å². The predicted octanol–water partition coefficient (Wildman–Crippen LogP) is 1.20. The van der Waals surface area contributed by atoms with Gasteiger partial charge in [0, 0.05) is 37.1 Å². The molecule has 9 heteroatoms. The predicted molar refractivity (Wildman–Crippen MR) is 105 cm³/mol. The van der Waals surface area contributed by atoms with Crippen LogP contribution in [0.2, 0.25) is 0 Å². The van der Waals surface area contributed by atoms with Crippen molar-refractivity contribution in [1.82, 2.24) is 14.6 Å². The first kappa shape index (κ1) is 20.2. The SMILES string of the molecule is O=C(NCc1ccccn1)c1cc(NCCO)cc(S(=O)(=O)N2CCCC2)c1. The molecule has 1 aromatic carbocycles. The average molecular weight is 404 g/mol. The first-order chi connectivity index (χ1) is 13.5. The van der Waals surface area contributed by atoms with Crippen LogP contribution in [0.1, 0.15) is 28.9 Å². The van der Waals surface area contributed by atoms with Crippen molar-refractivity contribution in [3.8, 4) is 0 Å². The summed E-state index contributed by atoms with van der Waals surface area (Å²) < 4.78 is 27.3. The lowest BCUT2D eigenvalue weighted by Crippen LogP contribution is -2.29. The number of aliphatic hydroxyl groups is 1. The summed E-state index contributed by atoms with van der Waals surface area (Å²) in [5, 5.41) is 14.7. The van der Waals surface area contributed by atoms with Crippen LogP contribution in [0.5, 0.6) is 0 Å². The van der Waals surface area contributed by atoms with E-state index in [1.54, 1.807) is 24.4 Å². The minimum atomic E-state index is -3.67. The average Bonchev–Trinajstić information content (AvgIpc) is 3.27. The van der Waals surface area contributed by atoms with Crippen molar-refractivity contribution >= 4 is 21.6 Å². The first-order valence-corrected chi connectivity index (χ1v) is 10.6. The minimum Gasteiger partial charge on any atom is -0.395 e. The number of rotatable bonds is 8. The fourth-order valence-corrected chi connectivity index (χ4v) is 4.62. The van der Waals surface area contributed by atoms with E-state index >= 15 is 0 Å². The Morgan fingerprint density at radius 3 is 2.64 bits per heavy atom. The van der Waals surface area contributed by atoms with Crippen LogP contribution in [0.15, 0.2) is 47.5 Å². The Bertz CT molecular complexity index is 913. The van der Waals surface area contributed by atoms with E-state index in [0.29, 0.717) is 24.5 Å². The van der Waals surface area contributed by atoms with Gasteiger partial charge in [0.2, 0.25) is 10.0 Å². The van der Waals surface area contributed by atoms with E-state index in [9.17, 15) is 13.2 Å². The van der Waals surface area contributed by atoms with Gasteiger partial charge in [0.05, 0.1) is 23.7 Å². The maximum absolute atomic E-state index is 12.9. The van der Waals surface area contributed by atoms with Crippen LogP contribution < -0.4 is 10.6 Å². The molecule has 3 rings (SSSR count). The summed E-state index contributed by atoms with van der Waals surface area (Å²) in [5.74, 6) is -0.392. The van der Waals surface area contributed by atoms with Crippen molar-refractivity contribution in [2.45, 2.75) is 24.3 Å². The third-order valence-corrected chi connectivity index (χ3v) is 6.35. The normalized spacial score (nSPS) is 14.8. The monoisotopic (exact) mass is 404 g/mol. The van der Waals surface area contributed by atoms with E-state index in [2.05, 4.69) is 15.6 Å². The van der Waals surface area contributed by atoms with E-state index in [0.717, 1.165) is 12.8 Å². The molecule has 0 atom stereocenters. The quantitative estimate of drug-likeness (QED) is 0.610. The Kier molecular flexibility index (Phi) is 6.61. The second kappa shape index (κ2) is 9.13. The van der Waals surface area contributed by atoms with Gasteiger partial charge in [-0.3, -0.25) is 9.78 Å². The third-order valence-electron chi connectivity index (χ3n) is 4.47. The number of aromatic nitrogens is 1. The molecule has 0 aliphatic carbocycles. The van der Waals surface area contributed by atoms with E-state index in [-0.39, 0.29) is 30.2 Å². The number of nitrogens with one attached hydrogen (secondary N) is 2. The zero-order valence-electron chi connectivity index (χ0n) is 15.5. The third kappa shape index (κ3) is 4.86. The highest BCUT2D eigenvalue weighted by molar-refractivity contribution is 7.89.